The average Bonchev–Trinajstić information content (AvgIpc) is 2.91. The monoisotopic (exact) mass is 422 g/mol. The van der Waals surface area contributed by atoms with Crippen LogP contribution < -0.4 is 5.32 Å². The lowest BCUT2D eigenvalue weighted by Crippen LogP contribution is -2.49. The number of imide groups is 1. The average molecular weight is 423 g/mol. The van der Waals surface area contributed by atoms with Gasteiger partial charge in [-0.25, -0.2) is 14.5 Å². The van der Waals surface area contributed by atoms with Crippen LogP contribution in [0.25, 0.3) is 0 Å². The van der Waals surface area contributed by atoms with Crippen molar-refractivity contribution in [2.45, 2.75) is 64.8 Å². The molecular weight excluding hydrogens is 396 g/mol. The van der Waals surface area contributed by atoms with Crippen molar-refractivity contribution in [2.75, 3.05) is 0 Å². The van der Waals surface area contributed by atoms with Gasteiger partial charge in [-0.05, 0) is 53.2 Å². The molecule has 1 heterocycles. The Labute approximate surface area is 176 Å². The first kappa shape index (κ1) is 22.7. The second-order valence-electron chi connectivity index (χ2n) is 8.68. The molecule has 2 atom stereocenters. The summed E-state index contributed by atoms with van der Waals surface area (Å²) in [6.45, 7) is 10.3. The van der Waals surface area contributed by atoms with Crippen molar-refractivity contribution >= 4 is 29.7 Å². The summed E-state index contributed by atoms with van der Waals surface area (Å²) in [6.07, 6.45) is 1.31. The van der Waals surface area contributed by atoms with Crippen molar-refractivity contribution in [3.8, 4) is 0 Å². The van der Waals surface area contributed by atoms with Gasteiger partial charge in [0.1, 0.15) is 11.2 Å². The number of nitrogens with one attached hydrogen (secondary N) is 1. The third-order valence-corrected chi connectivity index (χ3v) is 4.16. The minimum Gasteiger partial charge on any atom is -0.444 e. The Morgan fingerprint density at radius 3 is 2.21 bits per heavy atom. The molecule has 0 radical (unpaired) electrons. The van der Waals surface area contributed by atoms with E-state index >= 15 is 0 Å². The van der Waals surface area contributed by atoms with E-state index in [1.165, 1.54) is 12.2 Å². The Morgan fingerprint density at radius 2 is 1.66 bits per heavy atom. The van der Waals surface area contributed by atoms with Crippen molar-refractivity contribution in [3.63, 3.8) is 0 Å². The quantitative estimate of drug-likeness (QED) is 0.768. The van der Waals surface area contributed by atoms with Crippen LogP contribution >= 0.6 is 11.6 Å². The zero-order valence-corrected chi connectivity index (χ0v) is 18.2. The van der Waals surface area contributed by atoms with E-state index in [1.54, 1.807) is 65.8 Å². The number of ether oxygens (including phenoxy) is 2. The summed E-state index contributed by atoms with van der Waals surface area (Å²) < 4.78 is 10.7. The molecule has 0 aliphatic carbocycles. The van der Waals surface area contributed by atoms with Gasteiger partial charge >= 0.3 is 12.2 Å². The number of rotatable bonds is 3. The van der Waals surface area contributed by atoms with Crippen LogP contribution in [-0.4, -0.2) is 40.2 Å². The van der Waals surface area contributed by atoms with Gasteiger partial charge in [-0.15, -0.1) is 0 Å². The van der Waals surface area contributed by atoms with Gasteiger partial charge in [-0.3, -0.25) is 4.79 Å². The minimum absolute atomic E-state index is 0.380. The summed E-state index contributed by atoms with van der Waals surface area (Å²) >= 11 is 6.35. The molecule has 1 N–H and O–H groups in total. The molecule has 0 spiro atoms. The molecule has 0 unspecified atom stereocenters. The van der Waals surface area contributed by atoms with E-state index in [9.17, 15) is 14.4 Å². The molecule has 1 aromatic rings. The first-order chi connectivity index (χ1) is 13.3. The van der Waals surface area contributed by atoms with Crippen LogP contribution in [-0.2, 0) is 14.3 Å². The topological polar surface area (TPSA) is 84.9 Å². The molecular formula is C21H27ClN2O5. The van der Waals surface area contributed by atoms with Crippen LogP contribution in [0.1, 0.15) is 53.1 Å². The van der Waals surface area contributed by atoms with Crippen LogP contribution in [0.5, 0.6) is 0 Å². The summed E-state index contributed by atoms with van der Waals surface area (Å²) in [5, 5.41) is 3.12. The second kappa shape index (κ2) is 8.45. The Morgan fingerprint density at radius 1 is 1.07 bits per heavy atom. The summed E-state index contributed by atoms with van der Waals surface area (Å²) in [5.74, 6) is -0.535. The number of nitrogens with zero attached hydrogens (tertiary/aromatic N) is 1. The molecule has 158 valence electrons. The predicted molar refractivity (Wildman–Crippen MR) is 110 cm³/mol. The summed E-state index contributed by atoms with van der Waals surface area (Å²) in [4.78, 5) is 38.5. The Hall–Kier alpha value is -2.54. The Balaban J connectivity index is 2.40. The molecule has 2 rings (SSSR count). The first-order valence-electron chi connectivity index (χ1n) is 9.27. The van der Waals surface area contributed by atoms with Crippen molar-refractivity contribution < 1.29 is 23.9 Å². The number of carbonyl (C=O) groups is 3. The molecule has 1 aromatic carbocycles. The lowest BCUT2D eigenvalue weighted by Gasteiger charge is -2.33. The summed E-state index contributed by atoms with van der Waals surface area (Å²) in [5.41, 5.74) is -0.970. The number of benzene rings is 1. The van der Waals surface area contributed by atoms with Gasteiger partial charge in [0, 0.05) is 11.1 Å². The summed E-state index contributed by atoms with van der Waals surface area (Å²) in [6, 6.07) is 5.23. The van der Waals surface area contributed by atoms with Crippen molar-refractivity contribution in [2.24, 2.45) is 0 Å². The maximum absolute atomic E-state index is 12.7. The molecule has 1 aliphatic heterocycles. The highest BCUT2D eigenvalue weighted by atomic mass is 35.5. The van der Waals surface area contributed by atoms with Crippen molar-refractivity contribution in [1.82, 2.24) is 10.2 Å². The highest BCUT2D eigenvalue weighted by Crippen LogP contribution is 2.32. The normalized spacial score (nSPS) is 17.8. The van der Waals surface area contributed by atoms with Gasteiger partial charge < -0.3 is 14.8 Å². The number of amides is 3. The molecule has 0 aromatic heterocycles. The third-order valence-electron chi connectivity index (χ3n) is 3.82. The van der Waals surface area contributed by atoms with Gasteiger partial charge in [0.05, 0.1) is 12.1 Å². The van der Waals surface area contributed by atoms with E-state index in [4.69, 9.17) is 21.1 Å². The van der Waals surface area contributed by atoms with E-state index in [0.29, 0.717) is 10.6 Å². The maximum atomic E-state index is 12.7. The van der Waals surface area contributed by atoms with Gasteiger partial charge in [-0.1, -0.05) is 35.9 Å². The van der Waals surface area contributed by atoms with Crippen molar-refractivity contribution in [1.29, 1.82) is 0 Å². The molecule has 8 heteroatoms. The van der Waals surface area contributed by atoms with Crippen LogP contribution in [0.3, 0.4) is 0 Å². The minimum atomic E-state index is -0.829. The van der Waals surface area contributed by atoms with Gasteiger partial charge in [0.25, 0.3) is 5.91 Å². The SMILES string of the molecule is CC(C)(C)OC(=O)N[C@H](c1ccccc1Cl)[C@H]1C=CC(=O)N1C(=O)OC(C)(C)C. The van der Waals surface area contributed by atoms with Crippen LogP contribution in [0, 0.1) is 0 Å². The predicted octanol–water partition coefficient (Wildman–Crippen LogP) is 4.61. The third kappa shape index (κ3) is 6.22. The molecule has 0 fully saturated rings. The van der Waals surface area contributed by atoms with E-state index in [2.05, 4.69) is 5.32 Å². The van der Waals surface area contributed by atoms with Gasteiger partial charge in [-0.2, -0.15) is 0 Å². The summed E-state index contributed by atoms with van der Waals surface area (Å²) in [7, 11) is 0. The van der Waals surface area contributed by atoms with Crippen LogP contribution in [0.15, 0.2) is 36.4 Å². The highest BCUT2D eigenvalue weighted by Gasteiger charge is 2.41. The number of hydrogen-bond donors (Lipinski definition) is 1. The largest absolute Gasteiger partial charge is 0.444 e. The molecule has 1 aliphatic rings. The molecule has 3 amide bonds. The first-order valence-corrected chi connectivity index (χ1v) is 9.64. The van der Waals surface area contributed by atoms with Crippen LogP contribution in [0.4, 0.5) is 9.59 Å². The van der Waals surface area contributed by atoms with E-state index < -0.39 is 41.4 Å². The Kier molecular flexibility index (Phi) is 6.63. The van der Waals surface area contributed by atoms with E-state index in [1.807, 2.05) is 0 Å². The molecule has 29 heavy (non-hydrogen) atoms. The van der Waals surface area contributed by atoms with E-state index in [0.717, 1.165) is 4.90 Å². The fourth-order valence-corrected chi connectivity index (χ4v) is 3.04. The number of halogens is 1. The Bertz CT molecular complexity index is 823. The number of hydrogen-bond acceptors (Lipinski definition) is 5. The molecule has 7 nitrogen and oxygen atoms in total. The molecule has 0 saturated heterocycles. The standard InChI is InChI=1S/C21H27ClN2O5/c1-20(2,3)28-18(26)23-17(13-9-7-8-10-14(13)22)15-11-12-16(25)24(15)19(27)29-21(4,5)6/h7-12,15,17H,1-6H3,(H,23,26)/t15-,17-/m1/s1. The smallest absolute Gasteiger partial charge is 0.417 e. The van der Waals surface area contributed by atoms with E-state index in [-0.39, 0.29) is 0 Å². The van der Waals surface area contributed by atoms with Gasteiger partial charge in [0.2, 0.25) is 0 Å². The van der Waals surface area contributed by atoms with Crippen molar-refractivity contribution in [3.05, 3.63) is 47.0 Å². The van der Waals surface area contributed by atoms with Gasteiger partial charge in [0.15, 0.2) is 0 Å². The number of carbonyl (C=O) groups excluding carboxylic acids is 3. The fourth-order valence-electron chi connectivity index (χ4n) is 2.79. The maximum Gasteiger partial charge on any atom is 0.417 e. The highest BCUT2D eigenvalue weighted by molar-refractivity contribution is 6.31. The zero-order chi connectivity index (χ0) is 22.0. The number of alkyl carbamates (subject to hydrolysis) is 1. The zero-order valence-electron chi connectivity index (χ0n) is 17.5. The lowest BCUT2D eigenvalue weighted by atomic mass is 9.99. The molecule has 0 bridgehead atoms. The lowest BCUT2D eigenvalue weighted by molar-refractivity contribution is -0.125. The fraction of sp³-hybridized carbons (Fsp3) is 0.476. The van der Waals surface area contributed by atoms with Crippen LogP contribution in [0.2, 0.25) is 5.02 Å². The second-order valence-corrected chi connectivity index (χ2v) is 9.09. The molecule has 0 saturated carbocycles.